The molecule has 1 N–H and O–H groups in total. The average Bonchev–Trinajstić information content (AvgIpc) is 2.38. The van der Waals surface area contributed by atoms with Gasteiger partial charge in [-0.25, -0.2) is 8.78 Å². The summed E-state index contributed by atoms with van der Waals surface area (Å²) in [5.41, 5.74) is 0.343. The molecule has 0 spiro atoms. The lowest BCUT2D eigenvalue weighted by Crippen LogP contribution is -2.27. The lowest BCUT2D eigenvalue weighted by Gasteiger charge is -2.25. The van der Waals surface area contributed by atoms with Crippen molar-refractivity contribution >= 4 is 0 Å². The maximum absolute atomic E-state index is 13.8. The van der Waals surface area contributed by atoms with Gasteiger partial charge in [0, 0.05) is 12.2 Å². The van der Waals surface area contributed by atoms with Gasteiger partial charge in [-0.2, -0.15) is 0 Å². The highest BCUT2D eigenvalue weighted by Crippen LogP contribution is 2.29. The zero-order valence-corrected chi connectivity index (χ0v) is 12.0. The molecule has 1 saturated carbocycles. The Morgan fingerprint density at radius 2 is 2.15 bits per heavy atom. The van der Waals surface area contributed by atoms with Gasteiger partial charge in [-0.15, -0.1) is 0 Å². The van der Waals surface area contributed by atoms with Crippen molar-refractivity contribution < 1.29 is 13.5 Å². The molecule has 0 radical (unpaired) electrons. The molecule has 0 bridgehead atoms. The first-order valence-electron chi connectivity index (χ1n) is 7.47. The van der Waals surface area contributed by atoms with Gasteiger partial charge < -0.3 is 10.1 Å². The van der Waals surface area contributed by atoms with Crippen LogP contribution in [0.2, 0.25) is 0 Å². The lowest BCUT2D eigenvalue weighted by molar-refractivity contribution is 0.0882. The maximum atomic E-state index is 13.8. The van der Waals surface area contributed by atoms with E-state index >= 15 is 0 Å². The van der Waals surface area contributed by atoms with Gasteiger partial charge in [0.2, 0.25) is 0 Å². The van der Waals surface area contributed by atoms with Crippen LogP contribution in [0.3, 0.4) is 0 Å². The van der Waals surface area contributed by atoms with Gasteiger partial charge in [0.1, 0.15) is 0 Å². The Labute approximate surface area is 119 Å². The Hall–Kier alpha value is -1.00. The van der Waals surface area contributed by atoms with Gasteiger partial charge in [0.25, 0.3) is 0 Å². The number of ether oxygens (including phenoxy) is 1. The van der Waals surface area contributed by atoms with Crippen molar-refractivity contribution in [2.75, 3.05) is 19.8 Å². The summed E-state index contributed by atoms with van der Waals surface area (Å²) in [6.45, 7) is 3.70. The predicted molar refractivity (Wildman–Crippen MR) is 75.6 cm³/mol. The summed E-state index contributed by atoms with van der Waals surface area (Å²) >= 11 is 0. The van der Waals surface area contributed by atoms with E-state index in [9.17, 15) is 8.78 Å². The quantitative estimate of drug-likeness (QED) is 0.732. The van der Waals surface area contributed by atoms with Crippen molar-refractivity contribution in [2.45, 2.75) is 38.6 Å². The van der Waals surface area contributed by atoms with Crippen LogP contribution in [0.15, 0.2) is 18.2 Å². The Balaban J connectivity index is 1.86. The van der Waals surface area contributed by atoms with Crippen LogP contribution in [-0.4, -0.2) is 19.8 Å². The van der Waals surface area contributed by atoms with Crippen LogP contribution in [0.4, 0.5) is 8.78 Å². The lowest BCUT2D eigenvalue weighted by atomic mass is 9.83. The van der Waals surface area contributed by atoms with E-state index < -0.39 is 11.6 Å². The van der Waals surface area contributed by atoms with Gasteiger partial charge in [-0.1, -0.05) is 38.3 Å². The van der Waals surface area contributed by atoms with Crippen molar-refractivity contribution in [3.63, 3.8) is 0 Å². The van der Waals surface area contributed by atoms with Gasteiger partial charge in [0.05, 0.1) is 12.6 Å². The minimum atomic E-state index is -0.806. The molecule has 2 rings (SSSR count). The van der Waals surface area contributed by atoms with Crippen LogP contribution in [0.1, 0.15) is 44.2 Å². The zero-order chi connectivity index (χ0) is 14.4. The van der Waals surface area contributed by atoms with Gasteiger partial charge in [0.15, 0.2) is 11.6 Å². The smallest absolute Gasteiger partial charge is 0.163 e. The fourth-order valence-electron chi connectivity index (χ4n) is 2.53. The summed E-state index contributed by atoms with van der Waals surface area (Å²) in [5.74, 6) is -0.778. The Bertz CT molecular complexity index is 421. The van der Waals surface area contributed by atoms with Crippen LogP contribution in [0, 0.1) is 17.6 Å². The third-order valence-corrected chi connectivity index (χ3v) is 3.99. The molecule has 1 aromatic carbocycles. The van der Waals surface area contributed by atoms with Crippen molar-refractivity contribution in [3.8, 4) is 0 Å². The molecular weight excluding hydrogens is 260 g/mol. The minimum Gasteiger partial charge on any atom is -0.379 e. The first-order valence-corrected chi connectivity index (χ1v) is 7.47. The normalized spacial score (nSPS) is 16.9. The van der Waals surface area contributed by atoms with E-state index in [0.717, 1.165) is 18.4 Å². The average molecular weight is 283 g/mol. The maximum Gasteiger partial charge on any atom is 0.163 e. The monoisotopic (exact) mass is 283 g/mol. The van der Waals surface area contributed by atoms with Crippen molar-refractivity contribution in [1.29, 1.82) is 0 Å². The summed E-state index contributed by atoms with van der Waals surface area (Å²) in [6.07, 6.45) is 5.01. The van der Waals surface area contributed by atoms with Crippen LogP contribution >= 0.6 is 0 Å². The molecule has 1 atom stereocenters. The third-order valence-electron chi connectivity index (χ3n) is 3.99. The molecule has 0 heterocycles. The van der Waals surface area contributed by atoms with E-state index in [1.165, 1.54) is 25.3 Å². The number of rotatable bonds is 8. The van der Waals surface area contributed by atoms with E-state index in [-0.39, 0.29) is 6.04 Å². The highest BCUT2D eigenvalue weighted by molar-refractivity contribution is 5.22. The first kappa shape index (κ1) is 15.4. The fourth-order valence-corrected chi connectivity index (χ4v) is 2.53. The number of nitrogens with one attached hydrogen (secondary N) is 1. The van der Waals surface area contributed by atoms with E-state index in [4.69, 9.17) is 4.74 Å². The van der Waals surface area contributed by atoms with Gasteiger partial charge in [-0.3, -0.25) is 0 Å². The summed E-state index contributed by atoms with van der Waals surface area (Å²) < 4.78 is 32.7. The highest BCUT2D eigenvalue weighted by Gasteiger charge is 2.19. The molecule has 1 fully saturated rings. The van der Waals surface area contributed by atoms with E-state index in [1.54, 1.807) is 6.07 Å². The molecule has 1 unspecified atom stereocenters. The summed E-state index contributed by atoms with van der Waals surface area (Å²) in [6, 6.07) is 3.99. The van der Waals surface area contributed by atoms with Crippen molar-refractivity contribution in [2.24, 2.45) is 5.92 Å². The molecule has 1 aromatic rings. The molecule has 1 aliphatic carbocycles. The fraction of sp³-hybridized carbons (Fsp3) is 0.625. The standard InChI is InChI=1S/C16H23F2NO/c1-2-19-15(11-20-10-9-12-5-3-6-12)13-7-4-8-14(17)16(13)18/h4,7-8,12,15,19H,2-3,5-6,9-11H2,1H3. The molecule has 20 heavy (non-hydrogen) atoms. The van der Waals surface area contributed by atoms with E-state index in [0.29, 0.717) is 25.3 Å². The van der Waals surface area contributed by atoms with E-state index in [2.05, 4.69) is 5.32 Å². The van der Waals surface area contributed by atoms with Crippen LogP contribution in [0.5, 0.6) is 0 Å². The third kappa shape index (κ3) is 4.00. The van der Waals surface area contributed by atoms with Crippen LogP contribution in [-0.2, 0) is 4.74 Å². The summed E-state index contributed by atoms with van der Waals surface area (Å²) in [4.78, 5) is 0. The largest absolute Gasteiger partial charge is 0.379 e. The van der Waals surface area contributed by atoms with Gasteiger partial charge >= 0.3 is 0 Å². The number of benzene rings is 1. The molecular formula is C16H23F2NO. The zero-order valence-electron chi connectivity index (χ0n) is 12.0. The number of likely N-dealkylation sites (N-methyl/N-ethyl adjacent to an activating group) is 1. The second-order valence-corrected chi connectivity index (χ2v) is 5.41. The molecule has 112 valence electrons. The second kappa shape index (κ2) is 7.70. The molecule has 0 saturated heterocycles. The summed E-state index contributed by atoms with van der Waals surface area (Å²) in [5, 5.41) is 3.15. The predicted octanol–water partition coefficient (Wildman–Crippen LogP) is 3.82. The van der Waals surface area contributed by atoms with Gasteiger partial charge in [-0.05, 0) is 24.9 Å². The van der Waals surface area contributed by atoms with Crippen LogP contribution < -0.4 is 5.32 Å². The molecule has 2 nitrogen and oxygen atoms in total. The molecule has 1 aliphatic rings. The molecule has 0 aromatic heterocycles. The van der Waals surface area contributed by atoms with Crippen molar-refractivity contribution in [3.05, 3.63) is 35.4 Å². The Morgan fingerprint density at radius 3 is 2.80 bits per heavy atom. The molecule has 0 amide bonds. The van der Waals surface area contributed by atoms with Crippen molar-refractivity contribution in [1.82, 2.24) is 5.32 Å². The van der Waals surface area contributed by atoms with Crippen LogP contribution in [0.25, 0.3) is 0 Å². The number of hydrogen-bond acceptors (Lipinski definition) is 2. The second-order valence-electron chi connectivity index (χ2n) is 5.41. The molecule has 4 heteroatoms. The minimum absolute atomic E-state index is 0.294. The number of hydrogen-bond donors (Lipinski definition) is 1. The first-order chi connectivity index (χ1) is 9.72. The topological polar surface area (TPSA) is 21.3 Å². The van der Waals surface area contributed by atoms with E-state index in [1.807, 2.05) is 6.92 Å². The Kier molecular flexibility index (Phi) is 5.92. The number of halogens is 2. The highest BCUT2D eigenvalue weighted by atomic mass is 19.2. The summed E-state index contributed by atoms with van der Waals surface area (Å²) in [7, 11) is 0. The Morgan fingerprint density at radius 1 is 1.35 bits per heavy atom. The SMILES string of the molecule is CCNC(COCCC1CCC1)c1cccc(F)c1F. The molecule has 0 aliphatic heterocycles.